The monoisotopic (exact) mass is 102 g/mol. The van der Waals surface area contributed by atoms with Gasteiger partial charge in [-0.2, -0.15) is 0 Å². The second kappa shape index (κ2) is 2.78. The number of rotatable bonds is 0. The summed E-state index contributed by atoms with van der Waals surface area (Å²) < 4.78 is 0. The molecule has 0 saturated carbocycles. The largest absolute Gasteiger partial charge is 0.390 e. The van der Waals surface area contributed by atoms with E-state index in [9.17, 15) is 0 Å². The average Bonchev–Trinajstić information content (AvgIpc) is 1.35. The van der Waals surface area contributed by atoms with E-state index < -0.39 is 0 Å². The highest BCUT2D eigenvalue weighted by Gasteiger charge is 1.67. The molecule has 0 radical (unpaired) electrons. The normalized spacial score (nSPS) is 9.50. The van der Waals surface area contributed by atoms with Crippen LogP contribution in [0.15, 0.2) is 4.99 Å². The van der Waals surface area contributed by atoms with Gasteiger partial charge in [0.05, 0.1) is 6.34 Å². The molecular weight excluding hydrogens is 96.1 g/mol. The van der Waals surface area contributed by atoms with Crippen molar-refractivity contribution in [3.8, 4) is 0 Å². The first kappa shape index (κ1) is 5.56. The Bertz CT molecular complexity index is 76.9. The predicted molar refractivity (Wildman–Crippen MR) is 31.0 cm³/mol. The number of aliphatic imine (C=N–C) groups is 1. The summed E-state index contributed by atoms with van der Waals surface area (Å²) in [6.07, 6.45) is 1.18. The minimum atomic E-state index is 0.567. The smallest absolute Gasteiger partial charge is 0.102 e. The number of hydrogen-bond donors (Lipinski definition) is 1. The predicted octanol–water partition coefficient (Wildman–Crippen LogP) is 0.321. The first-order valence-corrected chi connectivity index (χ1v) is 1.93. The zero-order valence-corrected chi connectivity index (χ0v) is 4.33. The van der Waals surface area contributed by atoms with Crippen molar-refractivity contribution in [2.45, 2.75) is 6.92 Å². The lowest BCUT2D eigenvalue weighted by atomic mass is 10.8. The second-order valence-corrected chi connectivity index (χ2v) is 1.39. The van der Waals surface area contributed by atoms with Gasteiger partial charge in [-0.05, 0) is 6.92 Å². The molecule has 0 rings (SSSR count). The van der Waals surface area contributed by atoms with E-state index in [2.05, 4.69) is 17.2 Å². The highest BCUT2D eigenvalue weighted by atomic mass is 32.1. The second-order valence-electron chi connectivity index (χ2n) is 0.797. The molecule has 0 aromatic rings. The van der Waals surface area contributed by atoms with E-state index in [1.807, 2.05) is 0 Å². The molecule has 2 N–H and O–H groups in total. The Balaban J connectivity index is 3.30. The molecule has 0 heterocycles. The van der Waals surface area contributed by atoms with Gasteiger partial charge >= 0.3 is 0 Å². The Hall–Kier alpha value is -0.440. The van der Waals surface area contributed by atoms with Crippen LogP contribution < -0.4 is 5.73 Å². The maximum atomic E-state index is 4.85. The van der Waals surface area contributed by atoms with Gasteiger partial charge in [-0.1, -0.05) is 12.2 Å². The van der Waals surface area contributed by atoms with Gasteiger partial charge in [0, 0.05) is 0 Å². The van der Waals surface area contributed by atoms with Crippen LogP contribution in [0.3, 0.4) is 0 Å². The first-order chi connectivity index (χ1) is 2.77. The van der Waals surface area contributed by atoms with Gasteiger partial charge in [0.1, 0.15) is 4.99 Å². The van der Waals surface area contributed by atoms with Crippen molar-refractivity contribution in [3.05, 3.63) is 0 Å². The van der Waals surface area contributed by atoms with E-state index in [-0.39, 0.29) is 0 Å². The lowest BCUT2D eigenvalue weighted by molar-refractivity contribution is 1.66. The molecule has 0 fully saturated rings. The van der Waals surface area contributed by atoms with Crippen LogP contribution in [0.4, 0.5) is 0 Å². The van der Waals surface area contributed by atoms with Gasteiger partial charge in [-0.3, -0.25) is 0 Å². The highest BCUT2D eigenvalue weighted by Crippen LogP contribution is 1.69. The summed E-state index contributed by atoms with van der Waals surface area (Å²) in [5.41, 5.74) is 4.85. The molecule has 0 unspecified atom stereocenters. The molecule has 0 aliphatic rings. The minimum absolute atomic E-state index is 0.567. The fourth-order valence-electron chi connectivity index (χ4n) is 0.105. The molecule has 34 valence electrons. The van der Waals surface area contributed by atoms with E-state index in [0.717, 1.165) is 0 Å². The number of nitrogens with zero attached hydrogens (tertiary/aromatic N) is 1. The van der Waals surface area contributed by atoms with Gasteiger partial charge in [-0.25, -0.2) is 4.99 Å². The summed E-state index contributed by atoms with van der Waals surface area (Å²) in [4.78, 5) is 4.08. The molecule has 0 aliphatic heterocycles. The summed E-state index contributed by atoms with van der Waals surface area (Å²) in [6, 6.07) is 0. The summed E-state index contributed by atoms with van der Waals surface area (Å²) in [7, 11) is 0. The van der Waals surface area contributed by atoms with Crippen molar-refractivity contribution in [2.75, 3.05) is 0 Å². The Morgan fingerprint density at radius 2 is 2.50 bits per heavy atom. The van der Waals surface area contributed by atoms with Crippen LogP contribution in [0.25, 0.3) is 0 Å². The average molecular weight is 102 g/mol. The van der Waals surface area contributed by atoms with Crippen molar-refractivity contribution >= 4 is 23.5 Å². The topological polar surface area (TPSA) is 38.4 Å². The van der Waals surface area contributed by atoms with Crippen molar-refractivity contribution in [3.63, 3.8) is 0 Å². The van der Waals surface area contributed by atoms with Gasteiger partial charge in [0.15, 0.2) is 0 Å². The van der Waals surface area contributed by atoms with Crippen LogP contribution >= 0.6 is 12.2 Å². The third-order valence-electron chi connectivity index (χ3n) is 0.256. The fraction of sp³-hybridized carbons (Fsp3) is 0.333. The maximum Gasteiger partial charge on any atom is 0.102 e. The van der Waals surface area contributed by atoms with E-state index in [1.54, 1.807) is 6.92 Å². The highest BCUT2D eigenvalue weighted by molar-refractivity contribution is 7.80. The van der Waals surface area contributed by atoms with Crippen molar-refractivity contribution in [1.82, 2.24) is 0 Å². The van der Waals surface area contributed by atoms with Gasteiger partial charge in [0.25, 0.3) is 0 Å². The lowest BCUT2D eigenvalue weighted by Gasteiger charge is -1.74. The summed E-state index contributed by atoms with van der Waals surface area (Å²) in [5.74, 6) is 0. The Labute approximate surface area is 42.1 Å². The molecule has 0 aliphatic carbocycles. The Morgan fingerprint density at radius 1 is 2.00 bits per heavy atom. The molecule has 6 heavy (non-hydrogen) atoms. The fourth-order valence-corrected chi connectivity index (χ4v) is 0.166. The van der Waals surface area contributed by atoms with Crippen molar-refractivity contribution in [1.29, 1.82) is 0 Å². The van der Waals surface area contributed by atoms with Gasteiger partial charge < -0.3 is 5.73 Å². The Morgan fingerprint density at radius 3 is 2.50 bits per heavy atom. The van der Waals surface area contributed by atoms with Crippen LogP contribution in [0.2, 0.25) is 0 Å². The van der Waals surface area contributed by atoms with E-state index in [1.165, 1.54) is 6.34 Å². The van der Waals surface area contributed by atoms with Gasteiger partial charge in [0.2, 0.25) is 0 Å². The molecule has 0 amide bonds. The number of nitrogens with two attached hydrogens (primary N) is 1. The van der Waals surface area contributed by atoms with Crippen molar-refractivity contribution < 1.29 is 0 Å². The summed E-state index contributed by atoms with van der Waals surface area (Å²) >= 11 is 4.52. The molecule has 2 nitrogen and oxygen atoms in total. The molecule has 0 bridgehead atoms. The maximum absolute atomic E-state index is 4.85. The molecule has 0 atom stereocenters. The van der Waals surface area contributed by atoms with Crippen LogP contribution in [-0.2, 0) is 0 Å². The van der Waals surface area contributed by atoms with Crippen LogP contribution in [-0.4, -0.2) is 11.3 Å². The summed E-state index contributed by atoms with van der Waals surface area (Å²) in [5, 5.41) is 0. The first-order valence-electron chi connectivity index (χ1n) is 1.52. The Kier molecular flexibility index (Phi) is 2.58. The molecular formula is C3H6N2S. The van der Waals surface area contributed by atoms with Crippen LogP contribution in [0.1, 0.15) is 6.92 Å². The van der Waals surface area contributed by atoms with Gasteiger partial charge in [-0.15, -0.1) is 0 Å². The number of hydrogen-bond acceptors (Lipinski definition) is 1. The van der Waals surface area contributed by atoms with Crippen molar-refractivity contribution in [2.24, 2.45) is 10.7 Å². The SMILES string of the molecule is CC(=S)N=CN. The molecule has 0 spiro atoms. The lowest BCUT2D eigenvalue weighted by Crippen LogP contribution is -1.90. The molecule has 0 saturated heterocycles. The van der Waals surface area contributed by atoms with E-state index in [0.29, 0.717) is 4.99 Å². The molecule has 3 heteroatoms. The molecule has 0 aromatic carbocycles. The van der Waals surface area contributed by atoms with Crippen LogP contribution in [0.5, 0.6) is 0 Å². The quantitative estimate of drug-likeness (QED) is 0.272. The van der Waals surface area contributed by atoms with E-state index >= 15 is 0 Å². The standard InChI is InChI=1S/C3H6N2S/c1-3(6)5-2-4/h2H,1H3,(H2,4,5,6). The van der Waals surface area contributed by atoms with E-state index in [4.69, 9.17) is 5.73 Å². The third kappa shape index (κ3) is 3.56. The van der Waals surface area contributed by atoms with Crippen LogP contribution in [0, 0.1) is 0 Å². The third-order valence-corrected chi connectivity index (χ3v) is 0.362. The minimum Gasteiger partial charge on any atom is -0.390 e. The molecule has 0 aromatic heterocycles. The number of thiocarbonyl (C=S) groups is 1. The zero-order chi connectivity index (χ0) is 4.99. The summed E-state index contributed by atoms with van der Waals surface area (Å²) in [6.45, 7) is 1.71. The zero-order valence-electron chi connectivity index (χ0n) is 3.51.